The highest BCUT2D eigenvalue weighted by Crippen LogP contribution is 2.36. The molecule has 2 aromatic rings. The molecule has 1 aromatic carbocycles. The van der Waals surface area contributed by atoms with Gasteiger partial charge in [-0.3, -0.25) is 4.79 Å². The number of furan rings is 1. The van der Waals surface area contributed by atoms with Crippen LogP contribution in [-0.4, -0.2) is 18.7 Å². The Bertz CT molecular complexity index is 1180. The second kappa shape index (κ2) is 11.3. The van der Waals surface area contributed by atoms with Gasteiger partial charge in [-0.25, -0.2) is 4.99 Å². The van der Waals surface area contributed by atoms with E-state index in [-0.39, 0.29) is 22.5 Å². The minimum Gasteiger partial charge on any atom is -0.480 e. The molecule has 5 heteroatoms. The van der Waals surface area contributed by atoms with Crippen LogP contribution >= 0.6 is 0 Å². The molecule has 0 aliphatic heterocycles. The third-order valence-corrected chi connectivity index (χ3v) is 6.09. The minimum absolute atomic E-state index is 0.0159. The Hall–Kier alpha value is -3.08. The zero-order valence-electron chi connectivity index (χ0n) is 24.1. The highest BCUT2D eigenvalue weighted by Gasteiger charge is 2.26. The molecule has 1 amide bonds. The number of hydrogen-bond donors (Lipinski definition) is 1. The summed E-state index contributed by atoms with van der Waals surface area (Å²) in [5.74, 6) is 0.936. The van der Waals surface area contributed by atoms with Crippen LogP contribution in [0, 0.1) is 6.92 Å². The van der Waals surface area contributed by atoms with Gasteiger partial charge in [0.15, 0.2) is 5.76 Å². The first-order valence-electron chi connectivity index (χ1n) is 12.6. The number of ether oxygens (including phenoxy) is 1. The van der Waals surface area contributed by atoms with Crippen LogP contribution < -0.4 is 5.32 Å². The molecule has 5 nitrogen and oxygen atoms in total. The average molecular weight is 493 g/mol. The molecule has 0 saturated carbocycles. The predicted octanol–water partition coefficient (Wildman–Crippen LogP) is 7.77. The number of aryl methyl sites for hydroxylation is 1. The molecule has 36 heavy (non-hydrogen) atoms. The van der Waals surface area contributed by atoms with Gasteiger partial charge in [0.1, 0.15) is 11.5 Å². The van der Waals surface area contributed by atoms with Gasteiger partial charge in [0.2, 0.25) is 5.88 Å². The Morgan fingerprint density at radius 2 is 1.64 bits per heavy atom. The number of carbonyl (C=O) groups is 1. The van der Waals surface area contributed by atoms with Crippen LogP contribution in [-0.2, 0) is 22.0 Å². The molecule has 0 radical (unpaired) electrons. The Kier molecular flexibility index (Phi) is 9.17. The molecule has 0 fully saturated rings. The fourth-order valence-corrected chi connectivity index (χ4v) is 4.02. The standard InChI is InChI=1S/C31H44N2O3/c1-13-20(4)27(29(35-12)32-19(2)3)33-28(34)26-15-14-23(36-26)17-22-18-25(31(9,10)11)24(16-21(22)5)30(6,7)8/h14-16,18H,4,13,17H2,1-3,5-12H3,(H,33,34)/b29-27-. The number of amides is 1. The maximum absolute atomic E-state index is 13.1. The van der Waals surface area contributed by atoms with Crippen molar-refractivity contribution >= 4 is 11.6 Å². The Morgan fingerprint density at radius 1 is 1.06 bits per heavy atom. The zero-order chi connectivity index (χ0) is 27.4. The number of carbonyl (C=O) groups excluding carboxylic acids is 1. The molecule has 0 spiro atoms. The van der Waals surface area contributed by atoms with Gasteiger partial charge in [-0.15, -0.1) is 0 Å². The summed E-state index contributed by atoms with van der Waals surface area (Å²) in [7, 11) is 1.53. The molecule has 2 rings (SSSR count). The second-order valence-electron chi connectivity index (χ2n) is 11.6. The topological polar surface area (TPSA) is 63.8 Å². The first-order valence-corrected chi connectivity index (χ1v) is 12.6. The lowest BCUT2D eigenvalue weighted by atomic mass is 9.73. The van der Waals surface area contributed by atoms with Crippen LogP contribution in [0.1, 0.15) is 107 Å². The molecule has 0 saturated heterocycles. The number of hydrogen-bond acceptors (Lipinski definition) is 4. The van der Waals surface area contributed by atoms with E-state index < -0.39 is 0 Å². The molecule has 0 bridgehead atoms. The lowest BCUT2D eigenvalue weighted by molar-refractivity contribution is 0.0934. The van der Waals surface area contributed by atoms with Gasteiger partial charge in [-0.2, -0.15) is 0 Å². The Labute approximate surface area is 217 Å². The van der Waals surface area contributed by atoms with Crippen LogP contribution in [0.25, 0.3) is 0 Å². The van der Waals surface area contributed by atoms with Crippen molar-refractivity contribution in [1.82, 2.24) is 5.32 Å². The van der Waals surface area contributed by atoms with E-state index in [1.807, 2.05) is 26.8 Å². The molecule has 1 heterocycles. The van der Waals surface area contributed by atoms with Gasteiger partial charge in [0.25, 0.3) is 5.91 Å². The quantitative estimate of drug-likeness (QED) is 0.233. The molecule has 1 aromatic heterocycles. The maximum Gasteiger partial charge on any atom is 0.291 e. The first-order chi connectivity index (χ1) is 16.6. The molecule has 0 aliphatic carbocycles. The van der Waals surface area contributed by atoms with E-state index in [4.69, 9.17) is 9.15 Å². The summed E-state index contributed by atoms with van der Waals surface area (Å²) in [6.07, 6.45) is 1.25. The number of nitrogens with one attached hydrogen (secondary N) is 1. The Balaban J connectivity index is 2.38. The molecule has 196 valence electrons. The highest BCUT2D eigenvalue weighted by molar-refractivity contribution is 5.93. The molecule has 0 aliphatic rings. The van der Waals surface area contributed by atoms with Crippen molar-refractivity contribution in [1.29, 1.82) is 0 Å². The monoisotopic (exact) mass is 492 g/mol. The molecule has 0 atom stereocenters. The summed E-state index contributed by atoms with van der Waals surface area (Å²) in [5.41, 5.74) is 7.19. The van der Waals surface area contributed by atoms with Gasteiger partial charge >= 0.3 is 0 Å². The van der Waals surface area contributed by atoms with Gasteiger partial charge in [-0.05, 0) is 78.0 Å². The maximum atomic E-state index is 13.1. The van der Waals surface area contributed by atoms with Crippen molar-refractivity contribution in [3.63, 3.8) is 0 Å². The number of benzene rings is 1. The van der Waals surface area contributed by atoms with Crippen molar-refractivity contribution in [2.75, 3.05) is 7.11 Å². The van der Waals surface area contributed by atoms with E-state index in [9.17, 15) is 4.79 Å². The summed E-state index contributed by atoms with van der Waals surface area (Å²) in [6, 6.07) is 8.19. The number of rotatable bonds is 8. The van der Waals surface area contributed by atoms with E-state index in [0.29, 0.717) is 24.4 Å². The fraction of sp³-hybridized carbons (Fsp3) is 0.484. The molecular weight excluding hydrogens is 448 g/mol. The molecule has 0 unspecified atom stereocenters. The van der Waals surface area contributed by atoms with Crippen molar-refractivity contribution in [2.45, 2.75) is 92.9 Å². The number of aliphatic imine (C=N–C) groups is 1. The highest BCUT2D eigenvalue weighted by atomic mass is 16.5. The van der Waals surface area contributed by atoms with Gasteiger partial charge in [0, 0.05) is 12.1 Å². The SMILES string of the molecule is C=C(CC)/C(NC(=O)c1ccc(Cc2cc(C(C)(C)C)c(C(C)(C)C)cc2C)o1)=C(\N=C(C)C)OC. The van der Waals surface area contributed by atoms with E-state index in [2.05, 4.69) is 77.5 Å². The van der Waals surface area contributed by atoms with E-state index in [1.54, 1.807) is 6.07 Å². The summed E-state index contributed by atoms with van der Waals surface area (Å²) in [5, 5.41) is 2.90. The molecular formula is C31H44N2O3. The summed E-state index contributed by atoms with van der Waals surface area (Å²) in [4.78, 5) is 17.5. The summed E-state index contributed by atoms with van der Waals surface area (Å²) >= 11 is 0. The Morgan fingerprint density at radius 3 is 2.14 bits per heavy atom. The van der Waals surface area contributed by atoms with E-state index >= 15 is 0 Å². The molecule has 1 N–H and O–H groups in total. The van der Waals surface area contributed by atoms with Crippen LogP contribution in [0.3, 0.4) is 0 Å². The van der Waals surface area contributed by atoms with Crippen LogP contribution in [0.5, 0.6) is 0 Å². The van der Waals surface area contributed by atoms with Crippen LogP contribution in [0.4, 0.5) is 0 Å². The zero-order valence-corrected chi connectivity index (χ0v) is 24.1. The lowest BCUT2D eigenvalue weighted by Crippen LogP contribution is -2.25. The van der Waals surface area contributed by atoms with Crippen molar-refractivity contribution < 1.29 is 13.9 Å². The third-order valence-electron chi connectivity index (χ3n) is 6.09. The third kappa shape index (κ3) is 7.22. The second-order valence-corrected chi connectivity index (χ2v) is 11.6. The van der Waals surface area contributed by atoms with E-state index in [0.717, 1.165) is 17.0 Å². The normalized spacial score (nSPS) is 12.6. The smallest absolute Gasteiger partial charge is 0.291 e. The van der Waals surface area contributed by atoms with E-state index in [1.165, 1.54) is 29.4 Å². The minimum atomic E-state index is -0.362. The summed E-state index contributed by atoms with van der Waals surface area (Å²) in [6.45, 7) is 25.4. The van der Waals surface area contributed by atoms with Crippen molar-refractivity contribution in [3.05, 3.63) is 81.8 Å². The first kappa shape index (κ1) is 29.2. The van der Waals surface area contributed by atoms with Crippen LogP contribution in [0.15, 0.2) is 57.4 Å². The average Bonchev–Trinajstić information content (AvgIpc) is 3.23. The van der Waals surface area contributed by atoms with Crippen LogP contribution in [0.2, 0.25) is 0 Å². The van der Waals surface area contributed by atoms with Gasteiger partial charge in [0.05, 0.1) is 7.11 Å². The number of allylic oxidation sites excluding steroid dienone is 1. The largest absolute Gasteiger partial charge is 0.480 e. The summed E-state index contributed by atoms with van der Waals surface area (Å²) < 4.78 is 11.4. The van der Waals surface area contributed by atoms with Gasteiger partial charge < -0.3 is 14.5 Å². The fourth-order valence-electron chi connectivity index (χ4n) is 4.02. The number of nitrogens with zero attached hydrogens (tertiary/aromatic N) is 1. The van der Waals surface area contributed by atoms with Gasteiger partial charge in [-0.1, -0.05) is 67.2 Å². The number of methoxy groups -OCH3 is 1. The van der Waals surface area contributed by atoms with Crippen molar-refractivity contribution in [3.8, 4) is 0 Å². The predicted molar refractivity (Wildman–Crippen MR) is 150 cm³/mol. The van der Waals surface area contributed by atoms with Crippen molar-refractivity contribution in [2.24, 2.45) is 4.99 Å². The lowest BCUT2D eigenvalue weighted by Gasteiger charge is -2.31.